The second-order valence-electron chi connectivity index (χ2n) is 5.80. The van der Waals surface area contributed by atoms with E-state index in [1.54, 1.807) is 25.6 Å². The lowest BCUT2D eigenvalue weighted by molar-refractivity contribution is 0.0780. The van der Waals surface area contributed by atoms with E-state index in [4.69, 9.17) is 10.5 Å². The molecule has 1 aliphatic carbocycles. The number of amides is 1. The van der Waals surface area contributed by atoms with Crippen molar-refractivity contribution in [2.24, 2.45) is 17.6 Å². The molecule has 5 heteroatoms. The van der Waals surface area contributed by atoms with Gasteiger partial charge in [0.1, 0.15) is 5.75 Å². The zero-order valence-corrected chi connectivity index (χ0v) is 11.8. The number of carbonyl (C=O) groups excluding carboxylic acids is 1. The average molecular weight is 275 g/mol. The van der Waals surface area contributed by atoms with E-state index in [2.05, 4.69) is 4.98 Å². The van der Waals surface area contributed by atoms with Gasteiger partial charge in [-0.1, -0.05) is 6.42 Å². The Hall–Kier alpha value is -1.62. The average Bonchev–Trinajstić information content (AvgIpc) is 2.92. The predicted octanol–water partition coefficient (Wildman–Crippen LogP) is 1.29. The van der Waals surface area contributed by atoms with Gasteiger partial charge in [0.25, 0.3) is 5.91 Å². The van der Waals surface area contributed by atoms with E-state index < -0.39 is 0 Å². The Bertz CT molecular complexity index is 506. The minimum atomic E-state index is 0.0332. The number of likely N-dealkylation sites (tertiary alicyclic amines) is 1. The number of aromatic nitrogens is 1. The molecule has 1 saturated heterocycles. The number of nitrogens with two attached hydrogens (primary N) is 1. The zero-order valence-electron chi connectivity index (χ0n) is 11.8. The van der Waals surface area contributed by atoms with Gasteiger partial charge in [0.15, 0.2) is 0 Å². The highest BCUT2D eigenvalue weighted by molar-refractivity contribution is 5.97. The highest BCUT2D eigenvalue weighted by Crippen LogP contribution is 2.36. The van der Waals surface area contributed by atoms with Gasteiger partial charge in [-0.05, 0) is 30.7 Å². The van der Waals surface area contributed by atoms with Crippen molar-refractivity contribution in [2.75, 3.05) is 20.2 Å². The first-order valence-electron chi connectivity index (χ1n) is 7.23. The lowest BCUT2D eigenvalue weighted by atomic mass is 9.78. The van der Waals surface area contributed by atoms with Crippen LogP contribution in [-0.4, -0.2) is 42.0 Å². The molecule has 3 rings (SSSR count). The fourth-order valence-electron chi connectivity index (χ4n) is 3.57. The standard InChI is InChI=1S/C15H21N3O2/c1-20-14-7-17-6-5-11(14)15(19)18-8-10-3-2-4-13(16)12(10)9-18/h5-7,10,12-13H,2-4,8-9,16H2,1H3. The lowest BCUT2D eigenvalue weighted by Crippen LogP contribution is -2.38. The van der Waals surface area contributed by atoms with Crippen LogP contribution in [0.1, 0.15) is 29.6 Å². The van der Waals surface area contributed by atoms with Crippen LogP contribution in [0.4, 0.5) is 0 Å². The second-order valence-corrected chi connectivity index (χ2v) is 5.80. The molecule has 0 radical (unpaired) electrons. The third-order valence-corrected chi connectivity index (χ3v) is 4.68. The normalized spacial score (nSPS) is 29.1. The van der Waals surface area contributed by atoms with Crippen molar-refractivity contribution in [3.8, 4) is 5.75 Å². The summed E-state index contributed by atoms with van der Waals surface area (Å²) in [6.45, 7) is 1.60. The van der Waals surface area contributed by atoms with Crippen LogP contribution in [-0.2, 0) is 0 Å². The number of carbonyl (C=O) groups is 1. The molecular weight excluding hydrogens is 254 g/mol. The van der Waals surface area contributed by atoms with Crippen LogP contribution in [0.25, 0.3) is 0 Å². The minimum absolute atomic E-state index is 0.0332. The molecule has 0 spiro atoms. The van der Waals surface area contributed by atoms with Crippen molar-refractivity contribution in [3.05, 3.63) is 24.0 Å². The quantitative estimate of drug-likeness (QED) is 0.883. The fourth-order valence-corrected chi connectivity index (χ4v) is 3.57. The third kappa shape index (κ3) is 2.26. The molecule has 5 nitrogen and oxygen atoms in total. The summed E-state index contributed by atoms with van der Waals surface area (Å²) in [5.74, 6) is 1.60. The largest absolute Gasteiger partial charge is 0.494 e. The van der Waals surface area contributed by atoms with Crippen molar-refractivity contribution in [1.82, 2.24) is 9.88 Å². The second kappa shape index (κ2) is 5.40. The van der Waals surface area contributed by atoms with Gasteiger partial charge in [-0.25, -0.2) is 0 Å². The molecule has 3 unspecified atom stereocenters. The van der Waals surface area contributed by atoms with Crippen LogP contribution in [0.2, 0.25) is 0 Å². The van der Waals surface area contributed by atoms with E-state index >= 15 is 0 Å². The molecule has 3 atom stereocenters. The van der Waals surface area contributed by atoms with Crippen molar-refractivity contribution >= 4 is 5.91 Å². The fraction of sp³-hybridized carbons (Fsp3) is 0.600. The van der Waals surface area contributed by atoms with E-state index in [9.17, 15) is 4.79 Å². The van der Waals surface area contributed by atoms with Crippen molar-refractivity contribution in [1.29, 1.82) is 0 Å². The molecule has 2 aliphatic rings. The molecule has 2 fully saturated rings. The number of fused-ring (bicyclic) bond motifs is 1. The van der Waals surface area contributed by atoms with Gasteiger partial charge in [-0.3, -0.25) is 9.78 Å². The van der Waals surface area contributed by atoms with E-state index in [1.165, 1.54) is 12.8 Å². The zero-order chi connectivity index (χ0) is 14.1. The third-order valence-electron chi connectivity index (χ3n) is 4.68. The Balaban J connectivity index is 1.78. The highest BCUT2D eigenvalue weighted by Gasteiger charge is 2.40. The summed E-state index contributed by atoms with van der Waals surface area (Å²) in [6, 6.07) is 1.97. The molecule has 2 heterocycles. The molecule has 20 heavy (non-hydrogen) atoms. The van der Waals surface area contributed by atoms with Gasteiger partial charge >= 0.3 is 0 Å². The predicted molar refractivity (Wildman–Crippen MR) is 75.5 cm³/mol. The molecule has 1 amide bonds. The van der Waals surface area contributed by atoms with Crippen LogP contribution in [0, 0.1) is 11.8 Å². The lowest BCUT2D eigenvalue weighted by Gasteiger charge is -2.29. The number of hydrogen-bond acceptors (Lipinski definition) is 4. The molecule has 1 aromatic rings. The SMILES string of the molecule is COc1cnccc1C(=O)N1CC2CCCC(N)C2C1. The smallest absolute Gasteiger partial charge is 0.257 e. The number of ether oxygens (including phenoxy) is 1. The van der Waals surface area contributed by atoms with E-state index in [0.717, 1.165) is 19.5 Å². The summed E-state index contributed by atoms with van der Waals surface area (Å²) < 4.78 is 5.23. The number of hydrogen-bond donors (Lipinski definition) is 1. The molecule has 2 N–H and O–H groups in total. The Morgan fingerprint density at radius 2 is 2.30 bits per heavy atom. The van der Waals surface area contributed by atoms with Gasteiger partial charge in [0.05, 0.1) is 18.9 Å². The summed E-state index contributed by atoms with van der Waals surface area (Å²) in [5, 5.41) is 0. The van der Waals surface area contributed by atoms with Gasteiger partial charge in [0, 0.05) is 25.3 Å². The summed E-state index contributed by atoms with van der Waals surface area (Å²) in [7, 11) is 1.56. The first-order valence-corrected chi connectivity index (χ1v) is 7.23. The monoisotopic (exact) mass is 275 g/mol. The number of nitrogens with zero attached hydrogens (tertiary/aromatic N) is 2. The first-order chi connectivity index (χ1) is 9.70. The summed E-state index contributed by atoms with van der Waals surface area (Å²) in [4.78, 5) is 18.6. The Morgan fingerprint density at radius 1 is 1.45 bits per heavy atom. The van der Waals surface area contributed by atoms with Gasteiger partial charge in [-0.15, -0.1) is 0 Å². The maximum Gasteiger partial charge on any atom is 0.257 e. The van der Waals surface area contributed by atoms with Crippen molar-refractivity contribution in [2.45, 2.75) is 25.3 Å². The molecular formula is C15H21N3O2. The summed E-state index contributed by atoms with van der Waals surface area (Å²) in [5.41, 5.74) is 6.80. The summed E-state index contributed by atoms with van der Waals surface area (Å²) in [6.07, 6.45) is 6.67. The van der Waals surface area contributed by atoms with Crippen molar-refractivity contribution < 1.29 is 9.53 Å². The molecule has 1 saturated carbocycles. The van der Waals surface area contributed by atoms with Crippen LogP contribution < -0.4 is 10.5 Å². The Labute approximate surface area is 119 Å². The minimum Gasteiger partial charge on any atom is -0.494 e. The summed E-state index contributed by atoms with van der Waals surface area (Å²) >= 11 is 0. The highest BCUT2D eigenvalue weighted by atomic mass is 16.5. The molecule has 1 aliphatic heterocycles. The van der Waals surface area contributed by atoms with E-state index in [-0.39, 0.29) is 11.9 Å². The molecule has 0 aromatic carbocycles. The van der Waals surface area contributed by atoms with Crippen LogP contribution in [0.15, 0.2) is 18.5 Å². The van der Waals surface area contributed by atoms with Gasteiger partial charge in [0.2, 0.25) is 0 Å². The molecule has 108 valence electrons. The van der Waals surface area contributed by atoms with Gasteiger partial charge in [-0.2, -0.15) is 0 Å². The topological polar surface area (TPSA) is 68.5 Å². The Morgan fingerprint density at radius 3 is 3.05 bits per heavy atom. The molecule has 0 bridgehead atoms. The number of rotatable bonds is 2. The van der Waals surface area contributed by atoms with E-state index in [0.29, 0.717) is 23.1 Å². The van der Waals surface area contributed by atoms with Crippen LogP contribution >= 0.6 is 0 Å². The first kappa shape index (κ1) is 13.4. The van der Waals surface area contributed by atoms with Crippen molar-refractivity contribution in [3.63, 3.8) is 0 Å². The maximum atomic E-state index is 12.7. The number of methoxy groups -OCH3 is 1. The Kier molecular flexibility index (Phi) is 3.61. The van der Waals surface area contributed by atoms with Gasteiger partial charge < -0.3 is 15.4 Å². The van der Waals surface area contributed by atoms with Crippen LogP contribution in [0.5, 0.6) is 5.75 Å². The number of pyridine rings is 1. The van der Waals surface area contributed by atoms with E-state index in [1.807, 2.05) is 4.90 Å². The van der Waals surface area contributed by atoms with Crippen LogP contribution in [0.3, 0.4) is 0 Å². The maximum absolute atomic E-state index is 12.7. The molecule has 1 aromatic heterocycles.